The molecule has 4 aromatic rings. The molecule has 0 bridgehead atoms. The number of methoxy groups -OCH3 is 1. The Hall–Kier alpha value is -4.36. The average Bonchev–Trinajstić information content (AvgIpc) is 3.93. The number of hydrogen-bond acceptors (Lipinski definition) is 8. The number of nitrogens with zero attached hydrogens (tertiary/aromatic N) is 4. The highest BCUT2D eigenvalue weighted by molar-refractivity contribution is 6.91. The van der Waals surface area contributed by atoms with E-state index in [1.54, 1.807) is 7.11 Å². The Labute approximate surface area is 300 Å². The molecule has 4 heterocycles. The van der Waals surface area contributed by atoms with Crippen LogP contribution in [-0.4, -0.2) is 72.4 Å². The summed E-state index contributed by atoms with van der Waals surface area (Å²) in [6.07, 6.45) is 4.57. The van der Waals surface area contributed by atoms with Gasteiger partial charge < -0.3 is 30.1 Å². The summed E-state index contributed by atoms with van der Waals surface area (Å²) in [5.41, 5.74) is 3.06. The number of aryl methyl sites for hydroxylation is 1. The Bertz CT molecular complexity index is 1880. The zero-order valence-electron chi connectivity index (χ0n) is 29.8. The van der Waals surface area contributed by atoms with Gasteiger partial charge in [0.25, 0.3) is 5.91 Å². The van der Waals surface area contributed by atoms with Crippen LogP contribution in [0.15, 0.2) is 79.0 Å². The maximum absolute atomic E-state index is 15.1. The number of hydrogen-bond donors (Lipinski definition) is 3. The molecule has 0 unspecified atom stereocenters. The summed E-state index contributed by atoms with van der Waals surface area (Å²) in [7, 11) is -0.628. The lowest BCUT2D eigenvalue weighted by atomic mass is 9.82. The van der Waals surface area contributed by atoms with Crippen LogP contribution in [0, 0.1) is 5.92 Å². The monoisotopic (exact) mass is 708 g/mol. The molecule has 268 valence electrons. The molecule has 3 aliphatic rings. The highest BCUT2D eigenvalue weighted by Gasteiger charge is 2.66. The molecule has 2 amide bonds. The van der Waals surface area contributed by atoms with Crippen molar-refractivity contribution in [1.82, 2.24) is 20.3 Å². The topological polar surface area (TPSA) is 131 Å². The summed E-state index contributed by atoms with van der Waals surface area (Å²) in [4.78, 5) is 29.8. The van der Waals surface area contributed by atoms with Gasteiger partial charge in [0, 0.05) is 42.9 Å². The van der Waals surface area contributed by atoms with Gasteiger partial charge in [-0.15, -0.1) is 5.10 Å². The predicted molar refractivity (Wildman–Crippen MR) is 199 cm³/mol. The summed E-state index contributed by atoms with van der Waals surface area (Å²) in [6, 6.07) is 24.0. The van der Waals surface area contributed by atoms with Gasteiger partial charge >= 0.3 is 0 Å². The molecular formula is C39H48N6O5Si. The number of carbonyl (C=O) groups is 2. The van der Waals surface area contributed by atoms with Crippen molar-refractivity contribution in [3.8, 4) is 5.75 Å². The van der Waals surface area contributed by atoms with Crippen molar-refractivity contribution in [2.24, 2.45) is 5.92 Å². The third-order valence-corrected chi connectivity index (χ3v) is 15.6. The number of rotatable bonds is 12. The van der Waals surface area contributed by atoms with Crippen LogP contribution >= 0.6 is 0 Å². The highest BCUT2D eigenvalue weighted by Crippen LogP contribution is 2.60. The number of aliphatic hydroxyl groups excluding tert-OH is 1. The van der Waals surface area contributed by atoms with Crippen molar-refractivity contribution in [2.45, 2.75) is 82.1 Å². The van der Waals surface area contributed by atoms with Crippen molar-refractivity contribution in [3.63, 3.8) is 0 Å². The molecule has 2 fully saturated rings. The summed E-state index contributed by atoms with van der Waals surface area (Å²) >= 11 is 0. The fourth-order valence-corrected chi connectivity index (χ4v) is 12.8. The summed E-state index contributed by atoms with van der Waals surface area (Å²) < 4.78 is 14.6. The summed E-state index contributed by atoms with van der Waals surface area (Å²) in [5, 5.41) is 25.5. The quantitative estimate of drug-likeness (QED) is 0.185. The molecule has 3 aliphatic heterocycles. The number of carbonyl (C=O) groups excluding carboxylic acids is 2. The summed E-state index contributed by atoms with van der Waals surface area (Å²) in [5.74, 6) is 0.594. The minimum absolute atomic E-state index is 0.0169. The third-order valence-electron chi connectivity index (χ3n) is 11.3. The van der Waals surface area contributed by atoms with Crippen LogP contribution in [0.2, 0.25) is 18.6 Å². The number of ether oxygens (including phenoxy) is 2. The van der Waals surface area contributed by atoms with E-state index in [4.69, 9.17) is 9.47 Å². The molecule has 12 heteroatoms. The predicted octanol–water partition coefficient (Wildman–Crippen LogP) is 4.37. The van der Waals surface area contributed by atoms with Gasteiger partial charge in [0.2, 0.25) is 5.91 Å². The van der Waals surface area contributed by atoms with Crippen molar-refractivity contribution < 1.29 is 24.2 Å². The molecule has 5 atom stereocenters. The van der Waals surface area contributed by atoms with Crippen LogP contribution in [0.1, 0.15) is 43.0 Å². The fraction of sp³-hybridized carbons (Fsp3) is 0.436. The van der Waals surface area contributed by atoms with Gasteiger partial charge in [0.05, 0.1) is 45.3 Å². The van der Waals surface area contributed by atoms with Gasteiger partial charge in [-0.3, -0.25) is 14.3 Å². The van der Waals surface area contributed by atoms with E-state index in [1.165, 1.54) is 5.19 Å². The van der Waals surface area contributed by atoms with E-state index in [-0.39, 0.29) is 42.0 Å². The normalized spacial score (nSPS) is 24.3. The lowest BCUT2D eigenvalue weighted by Crippen LogP contribution is -2.51. The van der Waals surface area contributed by atoms with E-state index >= 15 is 4.79 Å². The molecule has 0 aliphatic carbocycles. The SMILES string of the molecule is COc1ccc([Si](C)(C)[C@H]2[C@H](CCn3cc(CCO)nn3)O[C@@]3(C(=O)N(Cc4cccc(NC(=O)[C@H]5CCCN5)c4)c4ccccc43)[C@@H]2C)cc1. The Morgan fingerprint density at radius 1 is 1.14 bits per heavy atom. The standard InChI is InChI=1S/C39H48N6O5Si/c1-26-36(51(3,4)31-16-14-30(49-2)15-17-31)35(18-21-44-25-29(19-22-46)42-43-44)50-39(26)32-11-5-6-13-34(32)45(38(39)48)24-27-9-7-10-28(23-27)41-37(47)33-12-8-20-40-33/h5-7,9-11,13-17,23,25-26,33,35-36,40,46H,8,12,18-22,24H2,1-4H3,(H,41,47)/t26-,33-,35+,36-,39+/m1/s1. The Morgan fingerprint density at radius 2 is 1.94 bits per heavy atom. The summed E-state index contributed by atoms with van der Waals surface area (Å²) in [6.45, 7) is 8.75. The number of benzene rings is 3. The van der Waals surface area contributed by atoms with Crippen LogP contribution < -0.4 is 25.5 Å². The Kier molecular flexibility index (Phi) is 9.86. The average molecular weight is 709 g/mol. The molecule has 0 radical (unpaired) electrons. The molecule has 11 nitrogen and oxygen atoms in total. The molecule has 1 aromatic heterocycles. The number of amides is 2. The molecule has 3 aromatic carbocycles. The second kappa shape index (κ2) is 14.3. The first kappa shape index (κ1) is 35.1. The maximum Gasteiger partial charge on any atom is 0.264 e. The zero-order chi connectivity index (χ0) is 35.8. The van der Waals surface area contributed by atoms with Crippen molar-refractivity contribution in [1.29, 1.82) is 0 Å². The van der Waals surface area contributed by atoms with Crippen LogP contribution in [0.25, 0.3) is 0 Å². The van der Waals surface area contributed by atoms with Gasteiger partial charge in [-0.25, -0.2) is 0 Å². The van der Waals surface area contributed by atoms with E-state index in [9.17, 15) is 9.90 Å². The third kappa shape index (κ3) is 6.50. The van der Waals surface area contributed by atoms with E-state index in [0.29, 0.717) is 31.6 Å². The van der Waals surface area contributed by atoms with E-state index in [1.807, 2.05) is 70.4 Å². The zero-order valence-corrected chi connectivity index (χ0v) is 30.8. The molecule has 7 rings (SSSR count). The number of anilines is 2. The van der Waals surface area contributed by atoms with Crippen molar-refractivity contribution in [2.75, 3.05) is 30.5 Å². The molecular weight excluding hydrogens is 661 g/mol. The van der Waals surface area contributed by atoms with Crippen molar-refractivity contribution in [3.05, 3.63) is 95.8 Å². The van der Waals surface area contributed by atoms with Gasteiger partial charge in [-0.05, 0) is 67.2 Å². The van der Waals surface area contributed by atoms with Crippen LogP contribution in [0.5, 0.6) is 5.75 Å². The van der Waals surface area contributed by atoms with Gasteiger partial charge in [0.15, 0.2) is 5.60 Å². The molecule has 3 N–H and O–H groups in total. The Morgan fingerprint density at radius 3 is 2.69 bits per heavy atom. The second-order valence-electron chi connectivity index (χ2n) is 14.6. The van der Waals surface area contributed by atoms with E-state index in [2.05, 4.69) is 59.2 Å². The largest absolute Gasteiger partial charge is 0.497 e. The molecule has 51 heavy (non-hydrogen) atoms. The minimum Gasteiger partial charge on any atom is -0.497 e. The maximum atomic E-state index is 15.1. The lowest BCUT2D eigenvalue weighted by molar-refractivity contribution is -0.146. The number of aromatic nitrogens is 3. The minimum atomic E-state index is -2.30. The number of fused-ring (bicyclic) bond motifs is 2. The lowest BCUT2D eigenvalue weighted by Gasteiger charge is -2.37. The van der Waals surface area contributed by atoms with Gasteiger partial charge in [-0.2, -0.15) is 0 Å². The smallest absolute Gasteiger partial charge is 0.264 e. The number of nitrogens with one attached hydrogen (secondary N) is 2. The second-order valence-corrected chi connectivity index (χ2v) is 19.3. The van der Waals surface area contributed by atoms with Crippen LogP contribution in [0.4, 0.5) is 11.4 Å². The molecule has 2 saturated heterocycles. The fourth-order valence-electron chi connectivity index (χ4n) is 8.70. The number of aliphatic hydroxyl groups is 1. The highest BCUT2D eigenvalue weighted by atomic mass is 28.3. The van der Waals surface area contributed by atoms with Gasteiger partial charge in [0.1, 0.15) is 5.75 Å². The Balaban J connectivity index is 1.21. The van der Waals surface area contributed by atoms with E-state index < -0.39 is 13.7 Å². The first-order chi connectivity index (χ1) is 24.6. The molecule has 1 spiro atoms. The van der Waals surface area contributed by atoms with Gasteiger partial charge in [-0.1, -0.05) is 72.9 Å². The first-order valence-electron chi connectivity index (χ1n) is 18.0. The van der Waals surface area contributed by atoms with Crippen LogP contribution in [-0.2, 0) is 39.4 Å². The van der Waals surface area contributed by atoms with Crippen molar-refractivity contribution >= 4 is 36.4 Å². The number of para-hydroxylation sites is 1. The first-order valence-corrected chi connectivity index (χ1v) is 21.1. The van der Waals surface area contributed by atoms with Crippen LogP contribution in [0.3, 0.4) is 0 Å². The van der Waals surface area contributed by atoms with E-state index in [0.717, 1.165) is 47.6 Å². The molecule has 0 saturated carbocycles.